The first-order chi connectivity index (χ1) is 7.13. The van der Waals surface area contributed by atoms with Crippen LogP contribution in [0.2, 0.25) is 0 Å². The fraction of sp³-hybridized carbons (Fsp3) is 0.900. The molecular formula is C10H17NO4. The second-order valence-corrected chi connectivity index (χ2v) is 4.42. The molecule has 0 amide bonds. The minimum atomic E-state index is -1.19. The molecule has 1 saturated heterocycles. The Balaban J connectivity index is 1.86. The molecule has 86 valence electrons. The van der Waals surface area contributed by atoms with Crippen molar-refractivity contribution in [2.45, 2.75) is 30.9 Å². The molecule has 5 nitrogen and oxygen atoms in total. The summed E-state index contributed by atoms with van der Waals surface area (Å²) in [6.07, 6.45) is 2.65. The maximum atomic E-state index is 11.1. The third-order valence-electron chi connectivity index (χ3n) is 3.15. The number of hydrogen-bond donors (Lipinski definition) is 2. The monoisotopic (exact) mass is 215 g/mol. The van der Waals surface area contributed by atoms with E-state index in [9.17, 15) is 4.79 Å². The van der Waals surface area contributed by atoms with Crippen molar-refractivity contribution in [3.63, 3.8) is 0 Å². The molecule has 0 radical (unpaired) electrons. The van der Waals surface area contributed by atoms with Crippen LogP contribution in [0.25, 0.3) is 0 Å². The first-order valence-corrected chi connectivity index (χ1v) is 5.34. The third-order valence-corrected chi connectivity index (χ3v) is 3.15. The molecule has 1 saturated carbocycles. The van der Waals surface area contributed by atoms with E-state index in [1.165, 1.54) is 0 Å². The van der Waals surface area contributed by atoms with Crippen molar-refractivity contribution in [2.75, 3.05) is 19.8 Å². The maximum Gasteiger partial charge on any atom is 0.326 e. The largest absolute Gasteiger partial charge is 0.480 e. The van der Waals surface area contributed by atoms with Gasteiger partial charge in [-0.1, -0.05) is 0 Å². The Morgan fingerprint density at radius 2 is 2.27 bits per heavy atom. The van der Waals surface area contributed by atoms with Crippen LogP contribution in [0.1, 0.15) is 19.3 Å². The Morgan fingerprint density at radius 3 is 2.73 bits per heavy atom. The predicted molar refractivity (Wildman–Crippen MR) is 52.5 cm³/mol. The highest BCUT2D eigenvalue weighted by atomic mass is 16.5. The number of ether oxygens (including phenoxy) is 2. The molecule has 1 aliphatic carbocycles. The Morgan fingerprint density at radius 1 is 1.53 bits per heavy atom. The highest BCUT2D eigenvalue weighted by Gasteiger charge is 2.49. The molecule has 2 aliphatic rings. The lowest BCUT2D eigenvalue weighted by Crippen LogP contribution is -2.54. The normalized spacial score (nSPS) is 30.1. The Labute approximate surface area is 88.5 Å². The zero-order valence-electron chi connectivity index (χ0n) is 8.65. The van der Waals surface area contributed by atoms with Gasteiger partial charge in [-0.05, 0) is 25.2 Å². The highest BCUT2D eigenvalue weighted by Crippen LogP contribution is 2.38. The van der Waals surface area contributed by atoms with Gasteiger partial charge in [-0.2, -0.15) is 0 Å². The number of carboxylic acid groups (broad SMARTS) is 1. The third kappa shape index (κ3) is 2.30. The highest BCUT2D eigenvalue weighted by molar-refractivity contribution is 5.79. The van der Waals surface area contributed by atoms with Gasteiger partial charge in [0, 0.05) is 6.61 Å². The lowest BCUT2D eigenvalue weighted by Gasteiger charge is -2.25. The Kier molecular flexibility index (Phi) is 2.95. The molecule has 1 heterocycles. The number of hydrogen-bond acceptors (Lipinski definition) is 4. The summed E-state index contributed by atoms with van der Waals surface area (Å²) in [5, 5.41) is 9.08. The average Bonchev–Trinajstić information content (AvgIpc) is 2.93. The van der Waals surface area contributed by atoms with Crippen molar-refractivity contribution in [1.82, 2.24) is 0 Å². The fourth-order valence-corrected chi connectivity index (χ4v) is 1.85. The van der Waals surface area contributed by atoms with E-state index >= 15 is 0 Å². The maximum absolute atomic E-state index is 11.1. The zero-order chi connectivity index (χ0) is 10.9. The van der Waals surface area contributed by atoms with Crippen LogP contribution in [0.4, 0.5) is 0 Å². The van der Waals surface area contributed by atoms with Crippen molar-refractivity contribution >= 4 is 5.97 Å². The summed E-state index contributed by atoms with van der Waals surface area (Å²) in [5.74, 6) is -0.874. The number of carbonyl (C=O) groups is 1. The molecule has 0 aromatic carbocycles. The van der Waals surface area contributed by atoms with E-state index < -0.39 is 11.5 Å². The van der Waals surface area contributed by atoms with E-state index in [0.29, 0.717) is 13.2 Å². The van der Waals surface area contributed by atoms with E-state index in [0.717, 1.165) is 19.3 Å². The lowest BCUT2D eigenvalue weighted by molar-refractivity contribution is -0.148. The molecule has 0 aromatic heterocycles. The van der Waals surface area contributed by atoms with Gasteiger partial charge in [0.15, 0.2) is 0 Å². The van der Waals surface area contributed by atoms with Gasteiger partial charge >= 0.3 is 5.97 Å². The second-order valence-electron chi connectivity index (χ2n) is 4.42. The minimum Gasteiger partial charge on any atom is -0.480 e. The first-order valence-electron chi connectivity index (χ1n) is 5.34. The lowest BCUT2D eigenvalue weighted by atomic mass is 9.96. The van der Waals surface area contributed by atoms with E-state index in [1.807, 2.05) is 0 Å². The Bertz CT molecular complexity index is 248. The summed E-state index contributed by atoms with van der Waals surface area (Å²) in [4.78, 5) is 11.1. The van der Waals surface area contributed by atoms with E-state index in [-0.39, 0.29) is 18.6 Å². The molecule has 15 heavy (non-hydrogen) atoms. The van der Waals surface area contributed by atoms with Gasteiger partial charge in [0.25, 0.3) is 0 Å². The fourth-order valence-electron chi connectivity index (χ4n) is 1.85. The van der Waals surface area contributed by atoms with Gasteiger partial charge in [-0.3, -0.25) is 4.79 Å². The molecule has 3 N–H and O–H groups in total. The average molecular weight is 215 g/mol. The topological polar surface area (TPSA) is 81.8 Å². The van der Waals surface area contributed by atoms with Crippen molar-refractivity contribution in [3.8, 4) is 0 Å². The van der Waals surface area contributed by atoms with Crippen molar-refractivity contribution in [1.29, 1.82) is 0 Å². The van der Waals surface area contributed by atoms with Gasteiger partial charge in [-0.25, -0.2) is 0 Å². The number of rotatable bonds is 5. The molecular weight excluding hydrogens is 198 g/mol. The molecule has 2 rings (SSSR count). The summed E-state index contributed by atoms with van der Waals surface area (Å²) >= 11 is 0. The molecule has 5 heteroatoms. The summed E-state index contributed by atoms with van der Waals surface area (Å²) < 4.78 is 10.6. The zero-order valence-corrected chi connectivity index (χ0v) is 8.65. The summed E-state index contributed by atoms with van der Waals surface area (Å²) in [6.45, 7) is 1.35. The second kappa shape index (κ2) is 4.08. The van der Waals surface area contributed by atoms with E-state index in [2.05, 4.69) is 0 Å². The van der Waals surface area contributed by atoms with Crippen LogP contribution >= 0.6 is 0 Å². The van der Waals surface area contributed by atoms with E-state index in [1.54, 1.807) is 0 Å². The molecule has 2 atom stereocenters. The smallest absolute Gasteiger partial charge is 0.326 e. The van der Waals surface area contributed by atoms with Crippen molar-refractivity contribution in [2.24, 2.45) is 11.7 Å². The van der Waals surface area contributed by atoms with E-state index in [4.69, 9.17) is 20.3 Å². The Hall–Kier alpha value is -0.650. The van der Waals surface area contributed by atoms with Crippen LogP contribution in [-0.2, 0) is 14.3 Å². The van der Waals surface area contributed by atoms with Crippen LogP contribution in [-0.4, -0.2) is 42.5 Å². The predicted octanol–water partition coefficient (Wildman–Crippen LogP) is -0.0160. The number of carboxylic acids is 1. The molecule has 2 unspecified atom stereocenters. The van der Waals surface area contributed by atoms with Crippen LogP contribution in [0, 0.1) is 5.92 Å². The van der Waals surface area contributed by atoms with Gasteiger partial charge in [0.2, 0.25) is 0 Å². The van der Waals surface area contributed by atoms with Gasteiger partial charge in [-0.15, -0.1) is 0 Å². The molecule has 0 bridgehead atoms. The standard InChI is InChI=1S/C10H17NO4/c11-10(9(12)13,7-1-2-7)6-15-8-3-4-14-5-8/h7-8H,1-6,11H2,(H,12,13). The number of aliphatic carboxylic acids is 1. The molecule has 2 fully saturated rings. The summed E-state index contributed by atoms with van der Waals surface area (Å²) in [6, 6.07) is 0. The van der Waals surface area contributed by atoms with Crippen LogP contribution in [0.3, 0.4) is 0 Å². The van der Waals surface area contributed by atoms with Crippen LogP contribution in [0.15, 0.2) is 0 Å². The molecule has 0 aromatic rings. The first kappa shape index (κ1) is 10.9. The minimum absolute atomic E-state index is 0.0195. The SMILES string of the molecule is NC(COC1CCOC1)(C(=O)O)C1CC1. The van der Waals surface area contributed by atoms with Crippen LogP contribution in [0.5, 0.6) is 0 Å². The van der Waals surface area contributed by atoms with Gasteiger partial charge in [0.1, 0.15) is 5.54 Å². The summed E-state index contributed by atoms with van der Waals surface area (Å²) in [7, 11) is 0. The van der Waals surface area contributed by atoms with Crippen LogP contribution < -0.4 is 5.73 Å². The van der Waals surface area contributed by atoms with Gasteiger partial charge in [0.05, 0.1) is 19.3 Å². The summed E-state index contributed by atoms with van der Waals surface area (Å²) in [5.41, 5.74) is 4.67. The quantitative estimate of drug-likeness (QED) is 0.673. The number of nitrogens with two attached hydrogens (primary N) is 1. The van der Waals surface area contributed by atoms with Crippen molar-refractivity contribution < 1.29 is 19.4 Å². The molecule has 0 spiro atoms. The van der Waals surface area contributed by atoms with Crippen molar-refractivity contribution in [3.05, 3.63) is 0 Å². The van der Waals surface area contributed by atoms with Gasteiger partial charge < -0.3 is 20.3 Å². The molecule has 1 aliphatic heterocycles.